The molecule has 0 fully saturated rings. The Morgan fingerprint density at radius 1 is 1.77 bits per heavy atom. The lowest BCUT2D eigenvalue weighted by molar-refractivity contribution is -0.141. The van der Waals surface area contributed by atoms with E-state index >= 15 is 0 Å². The fourth-order valence-corrected chi connectivity index (χ4v) is 3.15. The van der Waals surface area contributed by atoms with Gasteiger partial charge in [0.05, 0.1) is 9.70 Å². The molecule has 0 aliphatic carbocycles. The Morgan fingerprint density at radius 3 is 3.23 bits per heavy atom. The minimum atomic E-state index is -0.720. The molecular formula is C8H8BrNO2S. The number of hydrogen-bond acceptors (Lipinski definition) is 3. The summed E-state index contributed by atoms with van der Waals surface area (Å²) in [6.07, 6.45) is 0.647. The zero-order valence-electron chi connectivity index (χ0n) is 6.71. The molecule has 3 nitrogen and oxygen atoms in total. The van der Waals surface area contributed by atoms with E-state index in [1.165, 1.54) is 0 Å². The average Bonchev–Trinajstić information content (AvgIpc) is 2.42. The molecule has 0 spiro atoms. The fraction of sp³-hybridized carbons (Fsp3) is 0.375. The third-order valence-corrected chi connectivity index (χ3v) is 3.76. The molecule has 0 saturated heterocycles. The van der Waals surface area contributed by atoms with Crippen molar-refractivity contribution in [1.29, 1.82) is 0 Å². The molecule has 2 N–H and O–H groups in total. The van der Waals surface area contributed by atoms with Crippen LogP contribution in [0.3, 0.4) is 0 Å². The van der Waals surface area contributed by atoms with Crippen LogP contribution in [0.1, 0.15) is 4.88 Å². The van der Waals surface area contributed by atoms with Crippen molar-refractivity contribution >= 4 is 38.9 Å². The Bertz CT molecular complexity index is 350. The van der Waals surface area contributed by atoms with Gasteiger partial charge in [-0.15, -0.1) is 11.3 Å². The first-order valence-corrected chi connectivity index (χ1v) is 5.52. The van der Waals surface area contributed by atoms with Crippen molar-refractivity contribution in [3.63, 3.8) is 0 Å². The number of carboxylic acid groups (broad SMARTS) is 1. The number of thiophene rings is 1. The molecular weight excluding hydrogens is 254 g/mol. The van der Waals surface area contributed by atoms with E-state index in [4.69, 9.17) is 5.11 Å². The van der Waals surface area contributed by atoms with E-state index in [9.17, 15) is 4.79 Å². The molecule has 2 heterocycles. The van der Waals surface area contributed by atoms with Crippen LogP contribution in [0.2, 0.25) is 0 Å². The molecule has 0 bridgehead atoms. The van der Waals surface area contributed by atoms with Crippen LogP contribution in [0.4, 0.5) is 5.69 Å². The number of nitrogens with one attached hydrogen (secondary N) is 1. The van der Waals surface area contributed by atoms with Gasteiger partial charge in [0.1, 0.15) is 0 Å². The number of anilines is 1. The predicted octanol–water partition coefficient (Wildman–Crippen LogP) is 2.18. The zero-order valence-corrected chi connectivity index (χ0v) is 9.11. The van der Waals surface area contributed by atoms with Gasteiger partial charge in [0, 0.05) is 17.1 Å². The van der Waals surface area contributed by atoms with Crippen molar-refractivity contribution in [1.82, 2.24) is 0 Å². The molecule has 1 aliphatic rings. The molecule has 0 aromatic carbocycles. The van der Waals surface area contributed by atoms with Crippen molar-refractivity contribution in [2.24, 2.45) is 5.92 Å². The van der Waals surface area contributed by atoms with E-state index in [1.807, 2.05) is 6.07 Å². The van der Waals surface area contributed by atoms with Crippen LogP contribution >= 0.6 is 27.3 Å². The summed E-state index contributed by atoms with van der Waals surface area (Å²) in [5.41, 5.74) is 1.08. The first kappa shape index (κ1) is 9.02. The number of aliphatic carboxylic acids is 1. The number of halogens is 1. The minimum absolute atomic E-state index is 0.280. The van der Waals surface area contributed by atoms with Gasteiger partial charge in [-0.25, -0.2) is 0 Å². The second-order valence-corrected chi connectivity index (χ2v) is 5.52. The standard InChI is InChI=1S/C8H8BrNO2S/c9-7-2-5-6(13-7)1-4(3-10-5)8(11)12/h2,4,10H,1,3H2,(H,11,12). The Labute approximate surface area is 87.9 Å². The SMILES string of the molecule is O=C(O)C1CNc2cc(Br)sc2C1. The van der Waals surface area contributed by atoms with Gasteiger partial charge < -0.3 is 10.4 Å². The Kier molecular flexibility index (Phi) is 2.29. The summed E-state index contributed by atoms with van der Waals surface area (Å²) < 4.78 is 1.05. The summed E-state index contributed by atoms with van der Waals surface area (Å²) in [7, 11) is 0. The first-order chi connectivity index (χ1) is 6.16. The lowest BCUT2D eigenvalue weighted by Crippen LogP contribution is -2.28. The number of fused-ring (bicyclic) bond motifs is 1. The molecule has 1 aliphatic heterocycles. The summed E-state index contributed by atoms with van der Waals surface area (Å²) in [5, 5.41) is 11.9. The van der Waals surface area contributed by atoms with Crippen LogP contribution in [-0.4, -0.2) is 17.6 Å². The van der Waals surface area contributed by atoms with Gasteiger partial charge in [-0.3, -0.25) is 4.79 Å². The predicted molar refractivity (Wildman–Crippen MR) is 55.3 cm³/mol. The molecule has 1 unspecified atom stereocenters. The van der Waals surface area contributed by atoms with Gasteiger partial charge in [-0.2, -0.15) is 0 Å². The van der Waals surface area contributed by atoms with Crippen LogP contribution in [0.25, 0.3) is 0 Å². The molecule has 1 aromatic heterocycles. The minimum Gasteiger partial charge on any atom is -0.481 e. The molecule has 5 heteroatoms. The average molecular weight is 262 g/mol. The van der Waals surface area contributed by atoms with Crippen LogP contribution in [0.5, 0.6) is 0 Å². The first-order valence-electron chi connectivity index (χ1n) is 3.91. The normalized spacial score (nSPS) is 20.5. The van der Waals surface area contributed by atoms with Gasteiger partial charge in [-0.1, -0.05) is 0 Å². The largest absolute Gasteiger partial charge is 0.481 e. The lowest BCUT2D eigenvalue weighted by atomic mass is 10.0. The van der Waals surface area contributed by atoms with Crippen LogP contribution in [-0.2, 0) is 11.2 Å². The summed E-state index contributed by atoms with van der Waals surface area (Å²) in [6, 6.07) is 2.00. The summed E-state index contributed by atoms with van der Waals surface area (Å²) in [6.45, 7) is 0.533. The van der Waals surface area contributed by atoms with E-state index in [-0.39, 0.29) is 5.92 Å². The van der Waals surface area contributed by atoms with Crippen molar-refractivity contribution in [3.8, 4) is 0 Å². The highest BCUT2D eigenvalue weighted by atomic mass is 79.9. The second kappa shape index (κ2) is 3.31. The maximum atomic E-state index is 10.7. The van der Waals surface area contributed by atoms with Crippen LogP contribution in [0.15, 0.2) is 9.85 Å². The zero-order chi connectivity index (χ0) is 9.42. The second-order valence-electron chi connectivity index (χ2n) is 3.01. The molecule has 0 radical (unpaired) electrons. The Morgan fingerprint density at radius 2 is 2.54 bits per heavy atom. The van der Waals surface area contributed by atoms with Crippen LogP contribution < -0.4 is 5.32 Å². The lowest BCUT2D eigenvalue weighted by Gasteiger charge is -2.19. The van der Waals surface area contributed by atoms with Gasteiger partial charge in [0.25, 0.3) is 0 Å². The van der Waals surface area contributed by atoms with Crippen LogP contribution in [0, 0.1) is 5.92 Å². The monoisotopic (exact) mass is 261 g/mol. The molecule has 1 atom stereocenters. The van der Waals surface area contributed by atoms with E-state index in [0.29, 0.717) is 13.0 Å². The smallest absolute Gasteiger partial charge is 0.308 e. The molecule has 70 valence electrons. The quantitative estimate of drug-likeness (QED) is 0.815. The highest BCUT2D eigenvalue weighted by Gasteiger charge is 2.25. The molecule has 0 amide bonds. The van der Waals surface area contributed by atoms with E-state index in [1.54, 1.807) is 11.3 Å². The topological polar surface area (TPSA) is 49.3 Å². The van der Waals surface area contributed by atoms with E-state index in [0.717, 1.165) is 14.4 Å². The third-order valence-electron chi connectivity index (χ3n) is 2.10. The molecule has 2 rings (SSSR count). The maximum Gasteiger partial charge on any atom is 0.308 e. The Hall–Kier alpha value is -0.550. The van der Waals surface area contributed by atoms with Crippen molar-refractivity contribution in [2.45, 2.75) is 6.42 Å². The molecule has 1 aromatic rings. The van der Waals surface area contributed by atoms with E-state index in [2.05, 4.69) is 21.2 Å². The van der Waals surface area contributed by atoms with Crippen molar-refractivity contribution in [3.05, 3.63) is 14.7 Å². The highest BCUT2D eigenvalue weighted by molar-refractivity contribution is 9.11. The number of rotatable bonds is 1. The van der Waals surface area contributed by atoms with Crippen molar-refractivity contribution < 1.29 is 9.90 Å². The molecule has 0 saturated carbocycles. The number of carbonyl (C=O) groups is 1. The summed E-state index contributed by atoms with van der Waals surface area (Å²) in [4.78, 5) is 11.9. The maximum absolute atomic E-state index is 10.7. The van der Waals surface area contributed by atoms with Gasteiger partial charge in [0.15, 0.2) is 0 Å². The number of carboxylic acids is 1. The Balaban J connectivity index is 2.24. The summed E-state index contributed by atoms with van der Waals surface area (Å²) in [5.74, 6) is -0.999. The molecule has 13 heavy (non-hydrogen) atoms. The van der Waals surface area contributed by atoms with Gasteiger partial charge in [-0.05, 0) is 28.4 Å². The van der Waals surface area contributed by atoms with Crippen molar-refractivity contribution in [2.75, 3.05) is 11.9 Å². The fourth-order valence-electron chi connectivity index (χ4n) is 1.40. The van der Waals surface area contributed by atoms with Gasteiger partial charge >= 0.3 is 5.97 Å². The van der Waals surface area contributed by atoms with Gasteiger partial charge in [0.2, 0.25) is 0 Å². The highest BCUT2D eigenvalue weighted by Crippen LogP contribution is 2.35. The third kappa shape index (κ3) is 1.71. The number of hydrogen-bond donors (Lipinski definition) is 2. The summed E-state index contributed by atoms with van der Waals surface area (Å²) >= 11 is 4.98. The van der Waals surface area contributed by atoms with E-state index < -0.39 is 5.97 Å².